The van der Waals surface area contributed by atoms with Gasteiger partial charge in [-0.1, -0.05) is 24.3 Å². The van der Waals surface area contributed by atoms with Gasteiger partial charge >= 0.3 is 0 Å². The zero-order valence-electron chi connectivity index (χ0n) is 20.1. The van der Waals surface area contributed by atoms with Crippen LogP contribution in [0, 0.1) is 11.3 Å². The number of hydrogen-bond donors (Lipinski definition) is 1. The summed E-state index contributed by atoms with van der Waals surface area (Å²) in [6, 6.07) is 17.1. The molecule has 1 N–H and O–H groups in total. The zero-order valence-corrected chi connectivity index (χ0v) is 21.0. The van der Waals surface area contributed by atoms with E-state index in [0.29, 0.717) is 24.6 Å². The topological polar surface area (TPSA) is 80.5 Å². The van der Waals surface area contributed by atoms with Crippen LogP contribution >= 0.6 is 11.3 Å². The Balaban J connectivity index is 1.38. The molecule has 1 fully saturated rings. The first-order chi connectivity index (χ1) is 17.0. The number of benzene rings is 2. The van der Waals surface area contributed by atoms with Crippen molar-refractivity contribution in [1.29, 1.82) is 5.26 Å². The third-order valence-corrected chi connectivity index (χ3v) is 7.51. The maximum Gasteiger partial charge on any atom is 0.264 e. The van der Waals surface area contributed by atoms with E-state index in [4.69, 9.17) is 4.98 Å². The lowest BCUT2D eigenvalue weighted by Gasteiger charge is -2.31. The van der Waals surface area contributed by atoms with E-state index in [1.54, 1.807) is 46.6 Å². The van der Waals surface area contributed by atoms with E-state index >= 15 is 0 Å². The van der Waals surface area contributed by atoms with Gasteiger partial charge in [-0.3, -0.25) is 4.79 Å². The van der Waals surface area contributed by atoms with Crippen molar-refractivity contribution in [3.63, 3.8) is 0 Å². The van der Waals surface area contributed by atoms with Crippen molar-refractivity contribution in [1.82, 2.24) is 9.88 Å². The van der Waals surface area contributed by atoms with Crippen molar-refractivity contribution < 1.29 is 9.90 Å². The molecule has 1 amide bonds. The number of nitriles is 1. The number of phenolic OH excluding ortho intramolecular Hbond substituents is 1. The standard InChI is InChI=1S/C28H30N4O2S/c1-3-31(4-2)24-9-7-21(8-10-24)26-19-35-27(30-26)22-13-15-32(16-14-22)28(34)23(18-29)17-20-5-11-25(33)12-6-20/h5-12,17,19,22,33H,3-4,13-16H2,1-2H3. The highest BCUT2D eigenvalue weighted by molar-refractivity contribution is 7.10. The van der Waals surface area contributed by atoms with Crippen molar-refractivity contribution in [3.8, 4) is 23.1 Å². The number of aromatic nitrogens is 1. The van der Waals surface area contributed by atoms with Crippen LogP contribution < -0.4 is 4.90 Å². The van der Waals surface area contributed by atoms with E-state index in [-0.39, 0.29) is 17.2 Å². The van der Waals surface area contributed by atoms with Crippen LogP contribution in [0.15, 0.2) is 59.5 Å². The smallest absolute Gasteiger partial charge is 0.264 e. The largest absolute Gasteiger partial charge is 0.508 e. The number of piperidine rings is 1. The van der Waals surface area contributed by atoms with Crippen LogP contribution in [0.25, 0.3) is 17.3 Å². The average molecular weight is 487 g/mol. The summed E-state index contributed by atoms with van der Waals surface area (Å²) in [6.07, 6.45) is 3.24. The number of aromatic hydroxyl groups is 1. The molecule has 35 heavy (non-hydrogen) atoms. The molecular weight excluding hydrogens is 456 g/mol. The number of phenols is 1. The molecule has 0 bridgehead atoms. The molecule has 0 spiro atoms. The molecule has 1 aromatic heterocycles. The number of carbonyl (C=O) groups excluding carboxylic acids is 1. The SMILES string of the molecule is CCN(CC)c1ccc(-c2csc(C3CCN(C(=O)C(C#N)=Cc4ccc(O)cc4)CC3)n2)cc1. The maximum absolute atomic E-state index is 12.9. The van der Waals surface area contributed by atoms with Crippen LogP contribution in [0.5, 0.6) is 5.75 Å². The average Bonchev–Trinajstić information content (AvgIpc) is 3.40. The van der Waals surface area contributed by atoms with Crippen molar-refractivity contribution in [2.75, 3.05) is 31.1 Å². The van der Waals surface area contributed by atoms with Crippen LogP contribution in [0.2, 0.25) is 0 Å². The number of carbonyl (C=O) groups is 1. The van der Waals surface area contributed by atoms with E-state index in [9.17, 15) is 15.2 Å². The number of thiazole rings is 1. The Morgan fingerprint density at radius 2 is 1.80 bits per heavy atom. The van der Waals surface area contributed by atoms with Gasteiger partial charge in [-0.15, -0.1) is 11.3 Å². The Labute approximate surface area is 210 Å². The minimum Gasteiger partial charge on any atom is -0.508 e. The predicted octanol–water partition coefficient (Wildman–Crippen LogP) is 5.68. The first-order valence-electron chi connectivity index (χ1n) is 12.0. The van der Waals surface area contributed by atoms with Crippen molar-refractivity contribution in [2.24, 2.45) is 0 Å². The van der Waals surface area contributed by atoms with Gasteiger partial charge in [0.1, 0.15) is 17.4 Å². The Morgan fingerprint density at radius 3 is 2.40 bits per heavy atom. The highest BCUT2D eigenvalue weighted by Crippen LogP contribution is 2.33. The minimum atomic E-state index is -0.243. The van der Waals surface area contributed by atoms with Gasteiger partial charge in [-0.25, -0.2) is 4.98 Å². The predicted molar refractivity (Wildman–Crippen MR) is 141 cm³/mol. The third-order valence-electron chi connectivity index (χ3n) is 6.50. The van der Waals surface area contributed by atoms with Gasteiger partial charge in [0, 0.05) is 48.7 Å². The molecule has 2 aromatic carbocycles. The van der Waals surface area contributed by atoms with Crippen molar-refractivity contribution >= 4 is 29.0 Å². The fourth-order valence-corrected chi connectivity index (χ4v) is 5.42. The first kappa shape index (κ1) is 24.5. The Kier molecular flexibility index (Phi) is 7.84. The minimum absolute atomic E-state index is 0.110. The van der Waals surface area contributed by atoms with Crippen molar-refractivity contribution in [3.05, 3.63) is 70.1 Å². The van der Waals surface area contributed by atoms with Gasteiger partial charge in [-0.05, 0) is 62.6 Å². The highest BCUT2D eigenvalue weighted by Gasteiger charge is 2.27. The number of amides is 1. The molecule has 3 aromatic rings. The zero-order chi connectivity index (χ0) is 24.8. The van der Waals surface area contributed by atoms with E-state index in [1.807, 2.05) is 6.07 Å². The summed E-state index contributed by atoms with van der Waals surface area (Å²) >= 11 is 1.68. The summed E-state index contributed by atoms with van der Waals surface area (Å²) in [5.74, 6) is 0.225. The lowest BCUT2D eigenvalue weighted by molar-refractivity contribution is -0.127. The van der Waals surface area contributed by atoms with Crippen LogP contribution in [0.3, 0.4) is 0 Å². The fraction of sp³-hybridized carbons (Fsp3) is 0.321. The maximum atomic E-state index is 12.9. The summed E-state index contributed by atoms with van der Waals surface area (Å²) in [4.78, 5) is 21.9. The second kappa shape index (κ2) is 11.2. The Bertz CT molecular complexity index is 1210. The molecule has 1 aliphatic rings. The first-order valence-corrected chi connectivity index (χ1v) is 12.9. The monoisotopic (exact) mass is 486 g/mol. The van der Waals surface area contributed by atoms with E-state index in [2.05, 4.69) is 48.4 Å². The molecule has 2 heterocycles. The molecule has 7 heteroatoms. The van der Waals surface area contributed by atoms with Gasteiger partial charge < -0.3 is 14.9 Å². The lowest BCUT2D eigenvalue weighted by Crippen LogP contribution is -2.38. The van der Waals surface area contributed by atoms with Crippen LogP contribution in [-0.2, 0) is 4.79 Å². The third kappa shape index (κ3) is 5.72. The second-order valence-electron chi connectivity index (χ2n) is 8.62. The summed E-state index contributed by atoms with van der Waals surface area (Å²) < 4.78 is 0. The van der Waals surface area contributed by atoms with Crippen LogP contribution in [0.4, 0.5) is 5.69 Å². The second-order valence-corrected chi connectivity index (χ2v) is 9.51. The summed E-state index contributed by atoms with van der Waals surface area (Å²) in [6.45, 7) is 7.50. The van der Waals surface area contributed by atoms with Gasteiger partial charge in [0.15, 0.2) is 0 Å². The van der Waals surface area contributed by atoms with Crippen molar-refractivity contribution in [2.45, 2.75) is 32.6 Å². The highest BCUT2D eigenvalue weighted by atomic mass is 32.1. The van der Waals surface area contributed by atoms with Gasteiger partial charge in [-0.2, -0.15) is 5.26 Å². The number of likely N-dealkylation sites (tertiary alicyclic amines) is 1. The molecular formula is C28H30N4O2S. The normalized spacial score (nSPS) is 14.5. The summed E-state index contributed by atoms with van der Waals surface area (Å²) in [5, 5.41) is 22.2. The molecule has 0 aliphatic carbocycles. The van der Waals surface area contributed by atoms with E-state index in [1.165, 1.54) is 5.69 Å². The molecule has 1 aliphatic heterocycles. The van der Waals surface area contributed by atoms with Crippen LogP contribution in [0.1, 0.15) is 43.2 Å². The molecule has 1 saturated heterocycles. The molecule has 6 nitrogen and oxygen atoms in total. The quantitative estimate of drug-likeness (QED) is 0.343. The fourth-order valence-electron chi connectivity index (χ4n) is 4.42. The molecule has 0 saturated carbocycles. The number of nitrogens with zero attached hydrogens (tertiary/aromatic N) is 4. The van der Waals surface area contributed by atoms with E-state index in [0.717, 1.165) is 42.2 Å². The van der Waals surface area contributed by atoms with E-state index < -0.39 is 0 Å². The lowest BCUT2D eigenvalue weighted by atomic mass is 9.96. The molecule has 0 radical (unpaired) electrons. The van der Waals surface area contributed by atoms with Gasteiger partial charge in [0.05, 0.1) is 10.7 Å². The summed E-state index contributed by atoms with van der Waals surface area (Å²) in [7, 11) is 0. The molecule has 180 valence electrons. The van der Waals surface area contributed by atoms with Gasteiger partial charge in [0.2, 0.25) is 0 Å². The Morgan fingerprint density at radius 1 is 1.14 bits per heavy atom. The molecule has 0 unspecified atom stereocenters. The molecule has 4 rings (SSSR count). The number of anilines is 1. The summed E-state index contributed by atoms with van der Waals surface area (Å²) in [5.41, 5.74) is 4.16. The van der Waals surface area contributed by atoms with Gasteiger partial charge in [0.25, 0.3) is 5.91 Å². The number of rotatable bonds is 7. The Hall–Kier alpha value is -3.63. The number of hydrogen-bond acceptors (Lipinski definition) is 6. The molecule has 0 atom stereocenters. The van der Waals surface area contributed by atoms with Crippen LogP contribution in [-0.4, -0.2) is 47.1 Å².